The average molecular weight is 423 g/mol. The lowest BCUT2D eigenvalue weighted by atomic mass is 10.0. The van der Waals surface area contributed by atoms with Crippen molar-refractivity contribution >= 4 is 34.2 Å². The fourth-order valence-electron chi connectivity index (χ4n) is 4.42. The predicted octanol–water partition coefficient (Wildman–Crippen LogP) is 6.41. The van der Waals surface area contributed by atoms with Crippen molar-refractivity contribution in [3.8, 4) is 5.75 Å². The van der Waals surface area contributed by atoms with E-state index in [-0.39, 0.29) is 12.9 Å². The van der Waals surface area contributed by atoms with Crippen LogP contribution in [-0.4, -0.2) is 23.6 Å². The van der Waals surface area contributed by atoms with Crippen LogP contribution in [0.25, 0.3) is 5.57 Å². The van der Waals surface area contributed by atoms with Crippen LogP contribution < -0.4 is 14.5 Å². The number of hydrogen-bond acceptors (Lipinski definition) is 5. The van der Waals surface area contributed by atoms with Crippen molar-refractivity contribution in [2.45, 2.75) is 26.9 Å². The molecule has 0 amide bonds. The van der Waals surface area contributed by atoms with E-state index in [4.69, 9.17) is 9.72 Å². The van der Waals surface area contributed by atoms with E-state index < -0.39 is 0 Å². The number of rotatable bonds is 2. The summed E-state index contributed by atoms with van der Waals surface area (Å²) in [5.74, 6) is 1.73. The molecule has 0 bridgehead atoms. The number of hydrogen-bond donors (Lipinski definition) is 0. The Bertz CT molecular complexity index is 1250. The number of aryl methyl sites for hydroxylation is 1. The van der Waals surface area contributed by atoms with Crippen LogP contribution in [0.15, 0.2) is 84.5 Å². The van der Waals surface area contributed by atoms with Crippen LogP contribution in [-0.2, 0) is 0 Å². The summed E-state index contributed by atoms with van der Waals surface area (Å²) in [4.78, 5) is 13.9. The van der Waals surface area contributed by atoms with Gasteiger partial charge < -0.3 is 14.5 Å². The minimum absolute atomic E-state index is 0.00206. The first-order valence-electron chi connectivity index (χ1n) is 10.8. The molecule has 5 nitrogen and oxygen atoms in total. The van der Waals surface area contributed by atoms with E-state index in [0.29, 0.717) is 0 Å². The number of para-hydroxylation sites is 1. The lowest BCUT2D eigenvalue weighted by Gasteiger charge is -2.32. The van der Waals surface area contributed by atoms with E-state index in [1.807, 2.05) is 37.4 Å². The highest BCUT2D eigenvalue weighted by molar-refractivity contribution is 5.97. The second kappa shape index (κ2) is 8.00. The quantitative estimate of drug-likeness (QED) is 0.479. The molecule has 0 saturated carbocycles. The van der Waals surface area contributed by atoms with Gasteiger partial charge in [0.1, 0.15) is 6.17 Å². The summed E-state index contributed by atoms with van der Waals surface area (Å²) in [6.07, 6.45) is 5.83. The number of aromatic nitrogens is 1. The van der Waals surface area contributed by atoms with Gasteiger partial charge in [-0.2, -0.15) is 0 Å². The summed E-state index contributed by atoms with van der Waals surface area (Å²) < 4.78 is 6.31. The molecule has 0 fully saturated rings. The Morgan fingerprint density at radius 3 is 2.59 bits per heavy atom. The van der Waals surface area contributed by atoms with Crippen LogP contribution in [0.4, 0.5) is 22.9 Å². The number of fused-ring (bicyclic) bond motifs is 2. The molecule has 0 unspecified atom stereocenters. The molecular weight excluding hydrogens is 396 g/mol. The molecule has 2 aromatic carbocycles. The van der Waals surface area contributed by atoms with Gasteiger partial charge in [-0.3, -0.25) is 4.99 Å². The molecule has 160 valence electrons. The second-order valence-electron chi connectivity index (χ2n) is 8.09. The second-order valence-corrected chi connectivity index (χ2v) is 8.09. The number of ether oxygens (including phenoxy) is 1. The lowest BCUT2D eigenvalue weighted by Crippen LogP contribution is -2.36. The van der Waals surface area contributed by atoms with Crippen LogP contribution in [0.3, 0.4) is 0 Å². The molecule has 0 saturated heterocycles. The molecular formula is C27H26N4O. The Kier molecular flexibility index (Phi) is 5.02. The molecule has 1 atom stereocenters. The molecule has 0 radical (unpaired) electrons. The summed E-state index contributed by atoms with van der Waals surface area (Å²) in [6.45, 7) is 10.8. The summed E-state index contributed by atoms with van der Waals surface area (Å²) >= 11 is 0. The molecule has 0 spiro atoms. The molecule has 5 rings (SSSR count). The van der Waals surface area contributed by atoms with Crippen molar-refractivity contribution in [2.75, 3.05) is 16.5 Å². The number of aliphatic imine (C=N–C) groups is 1. The van der Waals surface area contributed by atoms with Crippen molar-refractivity contribution in [3.63, 3.8) is 0 Å². The van der Waals surface area contributed by atoms with Gasteiger partial charge in [0.2, 0.25) is 0 Å². The van der Waals surface area contributed by atoms with Gasteiger partial charge in [0, 0.05) is 23.2 Å². The molecule has 1 aromatic heterocycles. The first-order chi connectivity index (χ1) is 15.6. The summed E-state index contributed by atoms with van der Waals surface area (Å²) in [7, 11) is 0. The molecule has 3 aromatic rings. The van der Waals surface area contributed by atoms with Crippen molar-refractivity contribution in [2.24, 2.45) is 4.99 Å². The molecule has 2 aliphatic heterocycles. The Labute approximate surface area is 189 Å². The number of benzene rings is 2. The van der Waals surface area contributed by atoms with Gasteiger partial charge >= 0.3 is 0 Å². The zero-order valence-corrected chi connectivity index (χ0v) is 18.6. The molecule has 2 aliphatic rings. The normalized spacial score (nSPS) is 18.7. The number of anilines is 4. The third kappa shape index (κ3) is 3.26. The van der Waals surface area contributed by atoms with Gasteiger partial charge in [0.15, 0.2) is 18.3 Å². The van der Waals surface area contributed by atoms with E-state index in [2.05, 4.69) is 77.7 Å². The van der Waals surface area contributed by atoms with Gasteiger partial charge in [-0.15, -0.1) is 0 Å². The summed E-state index contributed by atoms with van der Waals surface area (Å²) in [6, 6.07) is 18.7. The van der Waals surface area contributed by atoms with E-state index in [1.54, 1.807) is 0 Å². The summed E-state index contributed by atoms with van der Waals surface area (Å²) in [5, 5.41) is 0. The Hall–Kier alpha value is -3.86. The lowest BCUT2D eigenvalue weighted by molar-refractivity contribution is 0.331. The zero-order chi connectivity index (χ0) is 22.2. The Balaban J connectivity index is 1.71. The van der Waals surface area contributed by atoms with Crippen LogP contribution in [0.1, 0.15) is 25.0 Å². The zero-order valence-electron chi connectivity index (χ0n) is 18.6. The highest BCUT2D eigenvalue weighted by Crippen LogP contribution is 2.51. The van der Waals surface area contributed by atoms with Gasteiger partial charge in [-0.1, -0.05) is 43.0 Å². The monoisotopic (exact) mass is 422 g/mol. The first-order valence-corrected chi connectivity index (χ1v) is 10.8. The maximum absolute atomic E-state index is 6.31. The van der Waals surface area contributed by atoms with E-state index in [1.165, 1.54) is 0 Å². The van der Waals surface area contributed by atoms with Gasteiger partial charge in [0.05, 0.1) is 11.4 Å². The third-order valence-electron chi connectivity index (χ3n) is 6.00. The van der Waals surface area contributed by atoms with Crippen LogP contribution in [0.5, 0.6) is 5.75 Å². The fraction of sp³-hybridized carbons (Fsp3) is 0.185. The third-order valence-corrected chi connectivity index (χ3v) is 6.00. The van der Waals surface area contributed by atoms with Crippen molar-refractivity contribution in [1.82, 2.24) is 4.98 Å². The maximum Gasteiger partial charge on any atom is 0.179 e. The minimum atomic E-state index is -0.00206. The molecule has 3 heterocycles. The number of allylic oxidation sites excluding steroid dienone is 3. The van der Waals surface area contributed by atoms with Gasteiger partial charge in [-0.25, -0.2) is 4.98 Å². The number of pyridine rings is 1. The highest BCUT2D eigenvalue weighted by Gasteiger charge is 2.38. The maximum atomic E-state index is 6.31. The van der Waals surface area contributed by atoms with Crippen molar-refractivity contribution < 1.29 is 4.74 Å². The average Bonchev–Trinajstić information content (AvgIpc) is 3.12. The SMILES string of the molecule is C=C1/C=C\C(C)=NCOc2c1ccc(C)c2N1c2cccnc2N(c2ccccc2)[C@@H]1C. The van der Waals surface area contributed by atoms with Crippen molar-refractivity contribution in [3.05, 3.63) is 90.7 Å². The number of nitrogens with zero attached hydrogens (tertiary/aromatic N) is 4. The van der Waals surface area contributed by atoms with Crippen LogP contribution in [0.2, 0.25) is 0 Å². The van der Waals surface area contributed by atoms with E-state index >= 15 is 0 Å². The van der Waals surface area contributed by atoms with E-state index in [0.717, 1.165) is 51.0 Å². The minimum Gasteiger partial charge on any atom is -0.468 e. The van der Waals surface area contributed by atoms with Crippen LogP contribution >= 0.6 is 0 Å². The van der Waals surface area contributed by atoms with Gasteiger partial charge in [0.25, 0.3) is 0 Å². The fourth-order valence-corrected chi connectivity index (χ4v) is 4.42. The molecule has 0 N–H and O–H groups in total. The Morgan fingerprint density at radius 1 is 0.969 bits per heavy atom. The van der Waals surface area contributed by atoms with Crippen molar-refractivity contribution in [1.29, 1.82) is 0 Å². The topological polar surface area (TPSA) is 41.0 Å². The largest absolute Gasteiger partial charge is 0.468 e. The Morgan fingerprint density at radius 2 is 1.78 bits per heavy atom. The molecule has 5 heteroatoms. The van der Waals surface area contributed by atoms with E-state index in [9.17, 15) is 0 Å². The van der Waals surface area contributed by atoms with Gasteiger partial charge in [-0.05, 0) is 62.2 Å². The molecule has 0 aliphatic carbocycles. The highest BCUT2D eigenvalue weighted by atomic mass is 16.5. The smallest absolute Gasteiger partial charge is 0.179 e. The predicted molar refractivity (Wildman–Crippen MR) is 132 cm³/mol. The first kappa shape index (κ1) is 20.1. The van der Waals surface area contributed by atoms with Crippen LogP contribution in [0, 0.1) is 6.92 Å². The standard InChI is InChI=1S/C27H26N4O/c1-18-12-14-20(3)29-17-32-26-23(18)15-13-19(2)25(26)31-21(4)30(22-9-6-5-7-10-22)27-24(31)11-8-16-28-27/h5-16,21H,1,17H2,2-4H3/b14-12-,29-20?/t21-/m0/s1. The summed E-state index contributed by atoms with van der Waals surface area (Å²) in [5.41, 5.74) is 7.08. The molecule has 32 heavy (non-hydrogen) atoms.